The molecule has 0 N–H and O–H groups in total. The van der Waals surface area contributed by atoms with Crippen LogP contribution >= 0.6 is 23.4 Å². The molecule has 0 radical (unpaired) electrons. The summed E-state index contributed by atoms with van der Waals surface area (Å²) < 4.78 is 6.97. The van der Waals surface area contributed by atoms with E-state index in [1.165, 1.54) is 12.7 Å². The van der Waals surface area contributed by atoms with E-state index < -0.39 is 0 Å². The van der Waals surface area contributed by atoms with Crippen LogP contribution in [0.5, 0.6) is 0 Å². The third kappa shape index (κ3) is 3.62. The predicted molar refractivity (Wildman–Crippen MR) is 97.7 cm³/mol. The molecule has 1 aliphatic rings. The molecule has 0 spiro atoms. The van der Waals surface area contributed by atoms with Crippen LogP contribution in [-0.4, -0.2) is 22.9 Å². The van der Waals surface area contributed by atoms with Gasteiger partial charge in [-0.3, -0.25) is 4.68 Å². The summed E-state index contributed by atoms with van der Waals surface area (Å²) in [4.78, 5) is 12.2. The molecule has 0 saturated carbocycles. The van der Waals surface area contributed by atoms with Gasteiger partial charge in [0.05, 0.1) is 18.5 Å². The van der Waals surface area contributed by atoms with Crippen LogP contribution in [0.1, 0.15) is 52.3 Å². The summed E-state index contributed by atoms with van der Waals surface area (Å²) in [6.45, 7) is 3.04. The second-order valence-corrected chi connectivity index (χ2v) is 7.71. The molecular weight excluding hydrogens is 344 g/mol. The molecule has 4 nitrogen and oxygen atoms in total. The molecule has 0 fully saturated rings. The first-order valence-corrected chi connectivity index (χ1v) is 9.56. The third-order valence-electron chi connectivity index (χ3n) is 4.36. The number of esters is 1. The van der Waals surface area contributed by atoms with E-state index >= 15 is 0 Å². The summed E-state index contributed by atoms with van der Waals surface area (Å²) in [7, 11) is 1.43. The average Bonchev–Trinajstić information content (AvgIpc) is 2.98. The van der Waals surface area contributed by atoms with E-state index in [1.54, 1.807) is 11.8 Å². The number of aromatic nitrogens is 2. The number of thioether (sulfide) groups is 1. The van der Waals surface area contributed by atoms with Gasteiger partial charge in [-0.05, 0) is 43.9 Å². The monoisotopic (exact) mass is 364 g/mol. The van der Waals surface area contributed by atoms with Gasteiger partial charge in [-0.15, -0.1) is 11.8 Å². The highest BCUT2D eigenvalue weighted by atomic mass is 35.5. The SMILES string of the molecule is COC(=O)c1c(CSC(C)c2ccc(Cl)cc2)nn2c1CCCC2. The minimum absolute atomic E-state index is 0.270. The number of carbonyl (C=O) groups is 1. The van der Waals surface area contributed by atoms with Crippen LogP contribution in [0.2, 0.25) is 5.02 Å². The number of aryl methyl sites for hydroxylation is 1. The minimum atomic E-state index is -0.270. The largest absolute Gasteiger partial charge is 0.465 e. The number of hydrogen-bond acceptors (Lipinski definition) is 4. The van der Waals surface area contributed by atoms with E-state index in [4.69, 9.17) is 16.3 Å². The van der Waals surface area contributed by atoms with Gasteiger partial charge in [-0.25, -0.2) is 4.79 Å². The summed E-state index contributed by atoms with van der Waals surface area (Å²) in [6.07, 6.45) is 3.11. The molecule has 0 saturated heterocycles. The number of rotatable bonds is 5. The number of ether oxygens (including phenoxy) is 1. The molecular formula is C18H21ClN2O2S. The standard InChI is InChI=1S/C18H21ClN2O2S/c1-12(13-6-8-14(19)9-7-13)24-11-15-17(18(22)23-2)16-5-3-4-10-21(16)20-15/h6-9,12H,3-5,10-11H2,1-2H3. The maximum absolute atomic E-state index is 12.2. The molecule has 2 aromatic rings. The summed E-state index contributed by atoms with van der Waals surface area (Å²) in [5.74, 6) is 0.418. The number of carbonyl (C=O) groups excluding carboxylic acids is 1. The third-order valence-corrected chi connectivity index (χ3v) is 5.83. The van der Waals surface area contributed by atoms with Gasteiger partial charge in [-0.1, -0.05) is 23.7 Å². The Hall–Kier alpha value is -1.46. The number of methoxy groups -OCH3 is 1. The molecule has 0 aliphatic carbocycles. The fourth-order valence-electron chi connectivity index (χ4n) is 3.02. The molecule has 1 unspecified atom stereocenters. The Morgan fingerprint density at radius 2 is 2.12 bits per heavy atom. The highest BCUT2D eigenvalue weighted by molar-refractivity contribution is 7.98. The van der Waals surface area contributed by atoms with Crippen molar-refractivity contribution in [1.29, 1.82) is 0 Å². The molecule has 1 aliphatic heterocycles. The summed E-state index contributed by atoms with van der Waals surface area (Å²) in [5, 5.41) is 5.71. The number of benzene rings is 1. The van der Waals surface area contributed by atoms with Crippen molar-refractivity contribution in [2.75, 3.05) is 7.11 Å². The Morgan fingerprint density at radius 3 is 2.83 bits per heavy atom. The number of fused-ring (bicyclic) bond motifs is 1. The fourth-order valence-corrected chi connectivity index (χ4v) is 4.10. The van der Waals surface area contributed by atoms with Gasteiger partial charge in [0.2, 0.25) is 0 Å². The predicted octanol–water partition coefficient (Wildman–Crippen LogP) is 4.65. The van der Waals surface area contributed by atoms with E-state index in [9.17, 15) is 4.79 Å². The zero-order valence-electron chi connectivity index (χ0n) is 13.9. The van der Waals surface area contributed by atoms with Crippen molar-refractivity contribution in [3.8, 4) is 0 Å². The Morgan fingerprint density at radius 1 is 1.38 bits per heavy atom. The zero-order chi connectivity index (χ0) is 17.1. The molecule has 0 amide bonds. The van der Waals surface area contributed by atoms with Gasteiger partial charge in [0.1, 0.15) is 5.56 Å². The molecule has 0 bridgehead atoms. The van der Waals surface area contributed by atoms with Crippen LogP contribution in [-0.2, 0) is 23.5 Å². The summed E-state index contributed by atoms with van der Waals surface area (Å²) in [5.41, 5.74) is 3.76. The van der Waals surface area contributed by atoms with Crippen molar-refractivity contribution >= 4 is 29.3 Å². The lowest BCUT2D eigenvalue weighted by molar-refractivity contribution is 0.0598. The van der Waals surface area contributed by atoms with E-state index in [0.717, 1.165) is 42.2 Å². The molecule has 6 heteroatoms. The van der Waals surface area contributed by atoms with E-state index in [1.807, 2.05) is 28.9 Å². The summed E-state index contributed by atoms with van der Waals surface area (Å²) >= 11 is 7.72. The number of halogens is 1. The van der Waals surface area contributed by atoms with Crippen molar-refractivity contribution in [3.63, 3.8) is 0 Å². The molecule has 2 heterocycles. The van der Waals surface area contributed by atoms with E-state index in [0.29, 0.717) is 16.6 Å². The van der Waals surface area contributed by atoms with Gasteiger partial charge in [0.25, 0.3) is 0 Å². The van der Waals surface area contributed by atoms with Crippen molar-refractivity contribution in [2.45, 2.75) is 43.7 Å². The van der Waals surface area contributed by atoms with Gasteiger partial charge in [0.15, 0.2) is 0 Å². The van der Waals surface area contributed by atoms with Crippen molar-refractivity contribution in [1.82, 2.24) is 9.78 Å². The number of nitrogens with zero attached hydrogens (tertiary/aromatic N) is 2. The van der Waals surface area contributed by atoms with Crippen molar-refractivity contribution in [2.24, 2.45) is 0 Å². The molecule has 3 rings (SSSR count). The highest BCUT2D eigenvalue weighted by Crippen LogP contribution is 2.33. The minimum Gasteiger partial charge on any atom is -0.465 e. The topological polar surface area (TPSA) is 44.1 Å². The quantitative estimate of drug-likeness (QED) is 0.724. The van der Waals surface area contributed by atoms with E-state index in [-0.39, 0.29) is 5.97 Å². The Balaban J connectivity index is 1.78. The first-order valence-electron chi connectivity index (χ1n) is 8.14. The highest BCUT2D eigenvalue weighted by Gasteiger charge is 2.26. The lowest BCUT2D eigenvalue weighted by Gasteiger charge is -2.13. The zero-order valence-corrected chi connectivity index (χ0v) is 15.5. The molecule has 24 heavy (non-hydrogen) atoms. The second-order valence-electron chi connectivity index (χ2n) is 5.95. The average molecular weight is 365 g/mol. The molecule has 1 aromatic carbocycles. The Labute approximate surface area is 151 Å². The lowest BCUT2D eigenvalue weighted by atomic mass is 10.1. The van der Waals surface area contributed by atoms with Crippen LogP contribution in [0.15, 0.2) is 24.3 Å². The van der Waals surface area contributed by atoms with Crippen LogP contribution in [0.4, 0.5) is 0 Å². The Kier molecular flexibility index (Phi) is 5.51. The van der Waals surface area contributed by atoms with Crippen LogP contribution in [0.3, 0.4) is 0 Å². The van der Waals surface area contributed by atoms with Crippen LogP contribution < -0.4 is 0 Å². The lowest BCUT2D eigenvalue weighted by Crippen LogP contribution is -2.14. The maximum Gasteiger partial charge on any atom is 0.341 e. The fraction of sp³-hybridized carbons (Fsp3) is 0.444. The Bertz CT molecular complexity index is 727. The van der Waals surface area contributed by atoms with Crippen LogP contribution in [0, 0.1) is 0 Å². The van der Waals surface area contributed by atoms with E-state index in [2.05, 4.69) is 12.0 Å². The first kappa shape index (κ1) is 17.4. The van der Waals surface area contributed by atoms with Crippen molar-refractivity contribution < 1.29 is 9.53 Å². The molecule has 1 aromatic heterocycles. The smallest absolute Gasteiger partial charge is 0.341 e. The summed E-state index contributed by atoms with van der Waals surface area (Å²) in [6, 6.07) is 7.89. The first-order chi connectivity index (χ1) is 11.6. The second kappa shape index (κ2) is 7.62. The van der Waals surface area contributed by atoms with Crippen LogP contribution in [0.25, 0.3) is 0 Å². The van der Waals surface area contributed by atoms with Crippen molar-refractivity contribution in [3.05, 3.63) is 51.8 Å². The van der Waals surface area contributed by atoms with Gasteiger partial charge in [-0.2, -0.15) is 5.10 Å². The number of hydrogen-bond donors (Lipinski definition) is 0. The maximum atomic E-state index is 12.2. The normalized spacial score (nSPS) is 15.0. The molecule has 128 valence electrons. The van der Waals surface area contributed by atoms with Gasteiger partial charge >= 0.3 is 5.97 Å². The van der Waals surface area contributed by atoms with Gasteiger partial charge in [0, 0.05) is 22.6 Å². The van der Waals surface area contributed by atoms with Gasteiger partial charge < -0.3 is 4.74 Å². The molecule has 1 atom stereocenters.